The zero-order valence-corrected chi connectivity index (χ0v) is 13.4. The van der Waals surface area contributed by atoms with Crippen molar-refractivity contribution in [1.29, 1.82) is 0 Å². The average molecular weight is 341 g/mol. The van der Waals surface area contributed by atoms with Crippen LogP contribution in [0.2, 0.25) is 0 Å². The van der Waals surface area contributed by atoms with Crippen molar-refractivity contribution in [3.8, 4) is 5.75 Å². The molecule has 22 heavy (non-hydrogen) atoms. The molecule has 0 amide bonds. The first kappa shape index (κ1) is 16.5. The van der Waals surface area contributed by atoms with Gasteiger partial charge in [0, 0.05) is 0 Å². The SMILES string of the molecule is Cc1ccc(S(=O)(=O)Oc2ccc(S([O])(=O)=O)cc2C)cc1. The molecule has 0 bridgehead atoms. The summed E-state index contributed by atoms with van der Waals surface area (Å²) in [6.45, 7) is 3.28. The van der Waals surface area contributed by atoms with E-state index in [1.807, 2.05) is 6.92 Å². The Morgan fingerprint density at radius 3 is 1.86 bits per heavy atom. The summed E-state index contributed by atoms with van der Waals surface area (Å²) in [6, 6.07) is 9.32. The first-order valence-corrected chi connectivity index (χ1v) is 8.99. The summed E-state index contributed by atoms with van der Waals surface area (Å²) < 4.78 is 62.1. The molecule has 2 rings (SSSR count). The van der Waals surface area contributed by atoms with Crippen molar-refractivity contribution in [3.63, 3.8) is 0 Å². The Balaban J connectivity index is 2.36. The Bertz CT molecular complexity index is 897. The predicted octanol–water partition coefficient (Wildman–Crippen LogP) is 2.19. The first-order chi connectivity index (χ1) is 10.1. The maximum atomic E-state index is 12.1. The smallest absolute Gasteiger partial charge is 0.339 e. The fourth-order valence-electron chi connectivity index (χ4n) is 1.74. The van der Waals surface area contributed by atoms with Crippen LogP contribution in [0.25, 0.3) is 0 Å². The van der Waals surface area contributed by atoms with Gasteiger partial charge in [-0.1, -0.05) is 22.2 Å². The number of rotatable bonds is 4. The molecule has 6 nitrogen and oxygen atoms in total. The van der Waals surface area contributed by atoms with Crippen molar-refractivity contribution >= 4 is 20.2 Å². The molecule has 0 aliphatic carbocycles. The second-order valence-corrected chi connectivity index (χ2v) is 7.66. The van der Waals surface area contributed by atoms with E-state index in [-0.39, 0.29) is 16.2 Å². The fraction of sp³-hybridized carbons (Fsp3) is 0.143. The molecule has 2 aromatic rings. The molecule has 0 aliphatic rings. The highest BCUT2D eigenvalue weighted by Gasteiger charge is 2.19. The lowest BCUT2D eigenvalue weighted by atomic mass is 10.2. The zero-order valence-electron chi connectivity index (χ0n) is 11.8. The Morgan fingerprint density at radius 2 is 1.36 bits per heavy atom. The predicted molar refractivity (Wildman–Crippen MR) is 78.0 cm³/mol. The summed E-state index contributed by atoms with van der Waals surface area (Å²) in [5, 5.41) is 0. The molecule has 0 spiro atoms. The largest absolute Gasteiger partial charge is 0.379 e. The Labute approximate surface area is 129 Å². The van der Waals surface area contributed by atoms with Gasteiger partial charge in [0.2, 0.25) is 0 Å². The van der Waals surface area contributed by atoms with E-state index >= 15 is 0 Å². The maximum Gasteiger partial charge on any atom is 0.339 e. The van der Waals surface area contributed by atoms with Crippen LogP contribution in [0, 0.1) is 13.8 Å². The Kier molecular flexibility index (Phi) is 4.28. The van der Waals surface area contributed by atoms with Gasteiger partial charge in [-0.25, -0.2) is 0 Å². The lowest BCUT2D eigenvalue weighted by molar-refractivity contribution is 0.414. The third-order valence-corrected chi connectivity index (χ3v) is 5.02. The summed E-state index contributed by atoms with van der Waals surface area (Å²) in [4.78, 5) is -0.455. The zero-order chi connectivity index (χ0) is 16.5. The van der Waals surface area contributed by atoms with Gasteiger partial charge in [-0.05, 0) is 49.7 Å². The summed E-state index contributed by atoms with van der Waals surface area (Å²) in [5.41, 5.74) is 1.13. The van der Waals surface area contributed by atoms with Gasteiger partial charge in [-0.3, -0.25) is 0 Å². The molecule has 0 heterocycles. The summed E-state index contributed by atoms with van der Waals surface area (Å²) in [6.07, 6.45) is 0. The third kappa shape index (κ3) is 3.65. The van der Waals surface area contributed by atoms with E-state index in [9.17, 15) is 21.4 Å². The quantitative estimate of drug-likeness (QED) is 0.794. The van der Waals surface area contributed by atoms with Crippen LogP contribution in [0.3, 0.4) is 0 Å². The van der Waals surface area contributed by atoms with Crippen LogP contribution in [0.4, 0.5) is 0 Å². The molecule has 0 fully saturated rings. The van der Waals surface area contributed by atoms with Crippen molar-refractivity contribution in [2.24, 2.45) is 0 Å². The lowest BCUT2D eigenvalue weighted by Gasteiger charge is -2.10. The van der Waals surface area contributed by atoms with Crippen molar-refractivity contribution in [2.45, 2.75) is 23.6 Å². The van der Waals surface area contributed by atoms with Crippen LogP contribution in [0.5, 0.6) is 5.75 Å². The lowest BCUT2D eigenvalue weighted by Crippen LogP contribution is -2.10. The summed E-state index contributed by atoms with van der Waals surface area (Å²) in [7, 11) is -8.63. The second-order valence-electron chi connectivity index (χ2n) is 4.73. The minimum absolute atomic E-state index is 0.0157. The molecule has 1 radical (unpaired) electrons. The molecular formula is C14H13O6S2. The fourth-order valence-corrected chi connectivity index (χ4v) is 3.29. The molecule has 0 unspecified atom stereocenters. The molecule has 0 aromatic heterocycles. The van der Waals surface area contributed by atoms with Crippen LogP contribution in [0.15, 0.2) is 52.3 Å². The van der Waals surface area contributed by atoms with Gasteiger partial charge < -0.3 is 4.18 Å². The summed E-state index contributed by atoms with van der Waals surface area (Å²) >= 11 is 0. The van der Waals surface area contributed by atoms with Crippen LogP contribution in [-0.4, -0.2) is 16.8 Å². The van der Waals surface area contributed by atoms with Gasteiger partial charge >= 0.3 is 20.2 Å². The van der Waals surface area contributed by atoms with E-state index in [2.05, 4.69) is 0 Å². The molecule has 0 saturated carbocycles. The molecule has 0 atom stereocenters. The molecular weight excluding hydrogens is 328 g/mol. The monoisotopic (exact) mass is 341 g/mol. The molecule has 0 aliphatic heterocycles. The Hall–Kier alpha value is -1.90. The van der Waals surface area contributed by atoms with Crippen LogP contribution in [0.1, 0.15) is 11.1 Å². The molecule has 2 aromatic carbocycles. The number of hydrogen-bond donors (Lipinski definition) is 0. The van der Waals surface area contributed by atoms with Gasteiger partial charge in [0.1, 0.15) is 10.6 Å². The van der Waals surface area contributed by atoms with Crippen LogP contribution < -0.4 is 4.18 Å². The number of hydrogen-bond acceptors (Lipinski definition) is 5. The van der Waals surface area contributed by atoms with Crippen LogP contribution >= 0.6 is 0 Å². The molecule has 0 saturated heterocycles. The summed E-state index contributed by atoms with van der Waals surface area (Å²) in [5.74, 6) is -0.0343. The molecule has 0 N–H and O–H groups in total. The highest BCUT2D eigenvalue weighted by atomic mass is 32.2. The number of benzene rings is 2. The Morgan fingerprint density at radius 1 is 0.818 bits per heavy atom. The standard InChI is InChI=1S/C14H13O6S2/c1-10-3-5-12(6-4-10)22(18,19)20-14-8-7-13(9-11(14)2)21(15,16)17/h3-9H,1-2H3. The van der Waals surface area contributed by atoms with Gasteiger partial charge in [-0.2, -0.15) is 16.8 Å². The molecule has 8 heteroatoms. The van der Waals surface area contributed by atoms with Crippen molar-refractivity contribution < 1.29 is 25.6 Å². The van der Waals surface area contributed by atoms with E-state index < -0.39 is 25.1 Å². The normalized spacial score (nSPS) is 12.1. The van der Waals surface area contributed by atoms with Gasteiger partial charge in [0.05, 0.1) is 4.90 Å². The van der Waals surface area contributed by atoms with Gasteiger partial charge in [0.15, 0.2) is 0 Å². The van der Waals surface area contributed by atoms with Crippen molar-refractivity contribution in [2.75, 3.05) is 0 Å². The third-order valence-electron chi connectivity index (χ3n) is 2.94. The van der Waals surface area contributed by atoms with Crippen molar-refractivity contribution in [1.82, 2.24) is 0 Å². The minimum Gasteiger partial charge on any atom is -0.379 e. The minimum atomic E-state index is -4.60. The van der Waals surface area contributed by atoms with E-state index in [1.54, 1.807) is 12.1 Å². The second kappa shape index (κ2) is 5.71. The average Bonchev–Trinajstić information content (AvgIpc) is 2.40. The van der Waals surface area contributed by atoms with Gasteiger partial charge in [0.25, 0.3) is 0 Å². The van der Waals surface area contributed by atoms with E-state index in [4.69, 9.17) is 4.18 Å². The maximum absolute atomic E-state index is 12.1. The highest BCUT2D eigenvalue weighted by Crippen LogP contribution is 2.25. The van der Waals surface area contributed by atoms with E-state index in [0.29, 0.717) is 0 Å². The number of aryl methyl sites for hydroxylation is 2. The van der Waals surface area contributed by atoms with E-state index in [0.717, 1.165) is 23.8 Å². The van der Waals surface area contributed by atoms with Gasteiger partial charge in [-0.15, -0.1) is 0 Å². The topological polar surface area (TPSA) is 97.4 Å². The van der Waals surface area contributed by atoms with Crippen molar-refractivity contribution in [3.05, 3.63) is 53.6 Å². The molecule has 117 valence electrons. The highest BCUT2D eigenvalue weighted by molar-refractivity contribution is 7.87. The van der Waals surface area contributed by atoms with Crippen LogP contribution in [-0.2, 0) is 24.8 Å². The van der Waals surface area contributed by atoms with E-state index in [1.165, 1.54) is 19.1 Å². The first-order valence-electron chi connectivity index (χ1n) is 6.17.